The molecule has 0 radical (unpaired) electrons. The van der Waals surface area contributed by atoms with Gasteiger partial charge in [0.25, 0.3) is 0 Å². The molecule has 12 heavy (non-hydrogen) atoms. The normalized spacial score (nSPS) is 12.2. The molecule has 0 bridgehead atoms. The second kappa shape index (κ2) is 5.54. The summed E-state index contributed by atoms with van der Waals surface area (Å²) in [5.74, 6) is -1.20. The summed E-state index contributed by atoms with van der Waals surface area (Å²) in [6, 6.07) is -0.446. The van der Waals surface area contributed by atoms with Crippen LogP contribution in [0.2, 0.25) is 0 Å². The highest BCUT2D eigenvalue weighted by molar-refractivity contribution is 5.73. The van der Waals surface area contributed by atoms with Gasteiger partial charge in [0.05, 0.1) is 12.6 Å². The minimum absolute atomic E-state index is 0.0501. The number of rotatable bonds is 5. The second-order valence-corrected chi connectivity index (χ2v) is 2.51. The number of carboxylic acid groups (broad SMARTS) is 1. The highest BCUT2D eigenvalue weighted by Crippen LogP contribution is 1.96. The largest absolute Gasteiger partial charge is 0.481 e. The first-order valence-electron chi connectivity index (χ1n) is 3.66. The molecule has 0 aromatic heterocycles. The maximum Gasteiger partial charge on any atom is 0.303 e. The fourth-order valence-corrected chi connectivity index (χ4v) is 0.794. The van der Waals surface area contributed by atoms with E-state index in [9.17, 15) is 9.59 Å². The van der Waals surface area contributed by atoms with Crippen molar-refractivity contribution in [1.29, 1.82) is 0 Å². The standard InChI is InChI=1S/C7H13NO4/c1-5(10)8-6(4-9)2-3-7(11)12/h6,9H,2-4H2,1H3,(H,8,10)(H,11,12)/t6-/m0/s1. The van der Waals surface area contributed by atoms with Crippen LogP contribution in [0.1, 0.15) is 19.8 Å². The molecule has 0 saturated heterocycles. The average Bonchev–Trinajstić information content (AvgIpc) is 1.97. The Morgan fingerprint density at radius 1 is 1.50 bits per heavy atom. The van der Waals surface area contributed by atoms with Gasteiger partial charge < -0.3 is 15.5 Å². The smallest absolute Gasteiger partial charge is 0.303 e. The van der Waals surface area contributed by atoms with Crippen molar-refractivity contribution in [2.75, 3.05) is 6.61 Å². The van der Waals surface area contributed by atoms with E-state index in [0.717, 1.165) is 0 Å². The van der Waals surface area contributed by atoms with Crippen LogP contribution in [-0.4, -0.2) is 34.7 Å². The first kappa shape index (κ1) is 10.9. The molecule has 0 aliphatic heterocycles. The van der Waals surface area contributed by atoms with Gasteiger partial charge in [0.15, 0.2) is 0 Å². The zero-order valence-corrected chi connectivity index (χ0v) is 6.91. The lowest BCUT2D eigenvalue weighted by Crippen LogP contribution is -2.36. The number of aliphatic carboxylic acids is 1. The molecule has 0 rings (SSSR count). The van der Waals surface area contributed by atoms with E-state index < -0.39 is 12.0 Å². The number of carboxylic acids is 1. The van der Waals surface area contributed by atoms with Crippen molar-refractivity contribution in [3.8, 4) is 0 Å². The summed E-state index contributed by atoms with van der Waals surface area (Å²) in [7, 11) is 0. The quantitative estimate of drug-likeness (QED) is 0.518. The molecule has 0 fully saturated rings. The van der Waals surface area contributed by atoms with Crippen molar-refractivity contribution in [3.05, 3.63) is 0 Å². The van der Waals surface area contributed by atoms with E-state index in [0.29, 0.717) is 0 Å². The van der Waals surface area contributed by atoms with Crippen LogP contribution in [-0.2, 0) is 9.59 Å². The van der Waals surface area contributed by atoms with Crippen LogP contribution in [0.15, 0.2) is 0 Å². The van der Waals surface area contributed by atoms with Crippen LogP contribution >= 0.6 is 0 Å². The Balaban J connectivity index is 3.67. The van der Waals surface area contributed by atoms with Crippen LogP contribution in [0.5, 0.6) is 0 Å². The number of amides is 1. The minimum Gasteiger partial charge on any atom is -0.481 e. The molecular formula is C7H13NO4. The van der Waals surface area contributed by atoms with E-state index in [1.807, 2.05) is 0 Å². The van der Waals surface area contributed by atoms with E-state index in [1.165, 1.54) is 6.92 Å². The van der Waals surface area contributed by atoms with Gasteiger partial charge in [-0.15, -0.1) is 0 Å². The molecule has 70 valence electrons. The van der Waals surface area contributed by atoms with Crippen LogP contribution in [0.4, 0.5) is 0 Å². The summed E-state index contributed by atoms with van der Waals surface area (Å²) in [4.78, 5) is 20.6. The van der Waals surface area contributed by atoms with Crippen molar-refractivity contribution in [1.82, 2.24) is 5.32 Å². The monoisotopic (exact) mass is 175 g/mol. The third kappa shape index (κ3) is 5.67. The molecular weight excluding hydrogens is 162 g/mol. The summed E-state index contributed by atoms with van der Waals surface area (Å²) in [5.41, 5.74) is 0. The predicted octanol–water partition coefficient (Wildman–Crippen LogP) is -0.652. The molecule has 0 aromatic rings. The number of carbonyl (C=O) groups is 2. The third-order valence-corrected chi connectivity index (χ3v) is 1.33. The van der Waals surface area contributed by atoms with Crippen LogP contribution in [0.25, 0.3) is 0 Å². The first-order valence-corrected chi connectivity index (χ1v) is 3.66. The highest BCUT2D eigenvalue weighted by Gasteiger charge is 2.09. The topological polar surface area (TPSA) is 86.6 Å². The van der Waals surface area contributed by atoms with E-state index >= 15 is 0 Å². The Morgan fingerprint density at radius 2 is 2.08 bits per heavy atom. The maximum atomic E-state index is 10.5. The molecule has 1 amide bonds. The Kier molecular flexibility index (Phi) is 5.03. The SMILES string of the molecule is CC(=O)N[C@H](CO)CCC(=O)O. The Morgan fingerprint density at radius 3 is 2.42 bits per heavy atom. The summed E-state index contributed by atoms with van der Waals surface area (Å²) in [6.45, 7) is 1.09. The van der Waals surface area contributed by atoms with Gasteiger partial charge in [-0.1, -0.05) is 0 Å². The summed E-state index contributed by atoms with van der Waals surface area (Å²) in [6.07, 6.45) is 0.205. The zero-order chi connectivity index (χ0) is 9.56. The molecule has 0 heterocycles. The molecule has 0 saturated carbocycles. The summed E-state index contributed by atoms with van der Waals surface area (Å²) < 4.78 is 0. The predicted molar refractivity (Wildman–Crippen MR) is 41.6 cm³/mol. The fourth-order valence-electron chi connectivity index (χ4n) is 0.794. The average molecular weight is 175 g/mol. The number of aliphatic hydroxyl groups excluding tert-OH is 1. The van der Waals surface area contributed by atoms with Crippen molar-refractivity contribution in [2.45, 2.75) is 25.8 Å². The molecule has 0 aliphatic carbocycles. The van der Waals surface area contributed by atoms with Gasteiger partial charge in [-0.3, -0.25) is 9.59 Å². The number of hydrogen-bond acceptors (Lipinski definition) is 3. The molecule has 1 atom stereocenters. The van der Waals surface area contributed by atoms with Gasteiger partial charge in [-0.25, -0.2) is 0 Å². The van der Waals surface area contributed by atoms with Gasteiger partial charge in [-0.05, 0) is 6.42 Å². The Hall–Kier alpha value is -1.10. The zero-order valence-electron chi connectivity index (χ0n) is 6.91. The Bertz CT molecular complexity index is 169. The molecule has 3 N–H and O–H groups in total. The van der Waals surface area contributed by atoms with Gasteiger partial charge in [0, 0.05) is 13.3 Å². The van der Waals surface area contributed by atoms with Gasteiger partial charge in [0.1, 0.15) is 0 Å². The summed E-state index contributed by atoms with van der Waals surface area (Å²) >= 11 is 0. The minimum atomic E-state index is -0.932. The first-order chi connectivity index (χ1) is 5.56. The number of carbonyl (C=O) groups excluding carboxylic acids is 1. The molecule has 5 heteroatoms. The van der Waals surface area contributed by atoms with E-state index in [4.69, 9.17) is 10.2 Å². The lowest BCUT2D eigenvalue weighted by molar-refractivity contribution is -0.137. The lowest BCUT2D eigenvalue weighted by atomic mass is 10.1. The van der Waals surface area contributed by atoms with Crippen LogP contribution in [0.3, 0.4) is 0 Å². The number of hydrogen-bond donors (Lipinski definition) is 3. The number of nitrogens with one attached hydrogen (secondary N) is 1. The maximum absolute atomic E-state index is 10.5. The highest BCUT2D eigenvalue weighted by atomic mass is 16.4. The van der Waals surface area contributed by atoms with Crippen molar-refractivity contribution in [2.24, 2.45) is 0 Å². The second-order valence-electron chi connectivity index (χ2n) is 2.51. The van der Waals surface area contributed by atoms with Gasteiger partial charge >= 0.3 is 5.97 Å². The molecule has 0 unspecified atom stereocenters. The lowest BCUT2D eigenvalue weighted by Gasteiger charge is -2.12. The Labute approximate surface area is 70.4 Å². The van der Waals surface area contributed by atoms with Gasteiger partial charge in [-0.2, -0.15) is 0 Å². The van der Waals surface area contributed by atoms with Crippen molar-refractivity contribution in [3.63, 3.8) is 0 Å². The molecule has 0 aromatic carbocycles. The van der Waals surface area contributed by atoms with Crippen molar-refractivity contribution >= 4 is 11.9 Å². The third-order valence-electron chi connectivity index (χ3n) is 1.33. The fraction of sp³-hybridized carbons (Fsp3) is 0.714. The number of aliphatic hydroxyl groups is 1. The summed E-state index contributed by atoms with van der Waals surface area (Å²) in [5, 5.41) is 19.4. The van der Waals surface area contributed by atoms with Crippen LogP contribution in [0, 0.1) is 0 Å². The molecule has 0 aliphatic rings. The van der Waals surface area contributed by atoms with Crippen LogP contribution < -0.4 is 5.32 Å². The van der Waals surface area contributed by atoms with Crippen molar-refractivity contribution < 1.29 is 19.8 Å². The molecule has 5 nitrogen and oxygen atoms in total. The van der Waals surface area contributed by atoms with Gasteiger partial charge in [0.2, 0.25) is 5.91 Å². The van der Waals surface area contributed by atoms with E-state index in [1.54, 1.807) is 0 Å². The van der Waals surface area contributed by atoms with E-state index in [-0.39, 0.29) is 25.4 Å². The molecule has 0 spiro atoms. The van der Waals surface area contributed by atoms with E-state index in [2.05, 4.69) is 5.32 Å².